The minimum absolute atomic E-state index is 0.0262. The molecule has 19 heavy (non-hydrogen) atoms. The van der Waals surface area contributed by atoms with E-state index in [0.29, 0.717) is 0 Å². The summed E-state index contributed by atoms with van der Waals surface area (Å²) in [6, 6.07) is 18.4. The van der Waals surface area contributed by atoms with E-state index in [-0.39, 0.29) is 12.6 Å². The number of benzene rings is 2. The number of hydrogen-bond acceptors (Lipinski definition) is 2. The zero-order chi connectivity index (χ0) is 13.7. The van der Waals surface area contributed by atoms with Crippen molar-refractivity contribution in [2.45, 2.75) is 13.0 Å². The summed E-state index contributed by atoms with van der Waals surface area (Å²) in [6.07, 6.45) is 0. The molecule has 0 saturated heterocycles. The molecule has 0 aliphatic heterocycles. The molecule has 0 aliphatic rings. The lowest BCUT2D eigenvalue weighted by Gasteiger charge is -2.13. The Balaban J connectivity index is 2.08. The Morgan fingerprint density at radius 2 is 1.63 bits per heavy atom. The van der Waals surface area contributed by atoms with Crippen LogP contribution in [0.3, 0.4) is 0 Å². The summed E-state index contributed by atoms with van der Waals surface area (Å²) in [4.78, 5) is 10.5. The van der Waals surface area contributed by atoms with E-state index in [0.717, 1.165) is 11.1 Å². The largest absolute Gasteiger partial charge is 0.480 e. The Morgan fingerprint density at radius 1 is 1.05 bits per heavy atom. The van der Waals surface area contributed by atoms with Gasteiger partial charge in [-0.3, -0.25) is 4.79 Å². The third-order valence-electron chi connectivity index (χ3n) is 3.08. The Morgan fingerprint density at radius 3 is 2.21 bits per heavy atom. The Hall–Kier alpha value is -2.13. The van der Waals surface area contributed by atoms with Crippen LogP contribution in [-0.2, 0) is 4.79 Å². The highest BCUT2D eigenvalue weighted by Crippen LogP contribution is 2.21. The van der Waals surface area contributed by atoms with E-state index in [9.17, 15) is 4.79 Å². The van der Waals surface area contributed by atoms with Gasteiger partial charge < -0.3 is 10.4 Å². The third-order valence-corrected chi connectivity index (χ3v) is 3.08. The summed E-state index contributed by atoms with van der Waals surface area (Å²) >= 11 is 0. The minimum atomic E-state index is -0.840. The van der Waals surface area contributed by atoms with Gasteiger partial charge in [0.05, 0.1) is 6.54 Å². The molecule has 0 aliphatic carbocycles. The summed E-state index contributed by atoms with van der Waals surface area (Å²) in [5.41, 5.74) is 3.43. The molecule has 1 unspecified atom stereocenters. The van der Waals surface area contributed by atoms with E-state index in [1.807, 2.05) is 37.3 Å². The van der Waals surface area contributed by atoms with Crippen LogP contribution < -0.4 is 5.32 Å². The Kier molecular flexibility index (Phi) is 4.31. The first kappa shape index (κ1) is 13.3. The number of rotatable bonds is 5. The number of carboxylic acids is 1. The van der Waals surface area contributed by atoms with E-state index < -0.39 is 5.97 Å². The van der Waals surface area contributed by atoms with E-state index in [4.69, 9.17) is 5.11 Å². The zero-order valence-corrected chi connectivity index (χ0v) is 10.8. The van der Waals surface area contributed by atoms with Crippen LogP contribution in [0, 0.1) is 0 Å². The minimum Gasteiger partial charge on any atom is -0.480 e. The van der Waals surface area contributed by atoms with Gasteiger partial charge in [0.25, 0.3) is 0 Å². The maximum absolute atomic E-state index is 10.5. The molecule has 0 bridgehead atoms. The number of hydrogen-bond donors (Lipinski definition) is 2. The second kappa shape index (κ2) is 6.16. The molecule has 0 spiro atoms. The number of aliphatic carboxylic acids is 1. The van der Waals surface area contributed by atoms with Crippen molar-refractivity contribution >= 4 is 5.97 Å². The lowest BCUT2D eigenvalue weighted by molar-refractivity contribution is -0.136. The highest BCUT2D eigenvalue weighted by atomic mass is 16.4. The van der Waals surface area contributed by atoms with Gasteiger partial charge in [0.15, 0.2) is 0 Å². The second-order valence-electron chi connectivity index (χ2n) is 4.48. The summed E-state index contributed by atoms with van der Waals surface area (Å²) in [5, 5.41) is 11.6. The first-order valence-corrected chi connectivity index (χ1v) is 6.27. The molecule has 0 saturated carbocycles. The monoisotopic (exact) mass is 255 g/mol. The maximum atomic E-state index is 10.5. The molecule has 0 amide bonds. The van der Waals surface area contributed by atoms with E-state index in [1.165, 1.54) is 5.56 Å². The predicted molar refractivity (Wildman–Crippen MR) is 75.9 cm³/mol. The molecule has 3 nitrogen and oxygen atoms in total. The van der Waals surface area contributed by atoms with Gasteiger partial charge >= 0.3 is 5.97 Å². The van der Waals surface area contributed by atoms with Crippen LogP contribution in [0.15, 0.2) is 54.6 Å². The van der Waals surface area contributed by atoms with Crippen LogP contribution in [0.1, 0.15) is 18.5 Å². The fourth-order valence-electron chi connectivity index (χ4n) is 1.95. The third kappa shape index (κ3) is 3.66. The van der Waals surface area contributed by atoms with Crippen molar-refractivity contribution < 1.29 is 9.90 Å². The fraction of sp³-hybridized carbons (Fsp3) is 0.188. The molecule has 0 fully saturated rings. The van der Waals surface area contributed by atoms with E-state index in [1.54, 1.807) is 0 Å². The molecule has 0 radical (unpaired) electrons. The first-order valence-electron chi connectivity index (χ1n) is 6.27. The molecule has 0 aromatic heterocycles. The first-order chi connectivity index (χ1) is 9.16. The lowest BCUT2D eigenvalue weighted by atomic mass is 10.0. The van der Waals surface area contributed by atoms with E-state index in [2.05, 4.69) is 29.6 Å². The Bertz CT molecular complexity index is 534. The van der Waals surface area contributed by atoms with Gasteiger partial charge in [0, 0.05) is 6.04 Å². The van der Waals surface area contributed by atoms with Gasteiger partial charge in [-0.2, -0.15) is 0 Å². The normalized spacial score (nSPS) is 12.1. The average Bonchev–Trinajstić information content (AvgIpc) is 2.46. The summed E-state index contributed by atoms with van der Waals surface area (Å²) in [7, 11) is 0. The molecule has 2 aromatic rings. The molecule has 0 heterocycles. The van der Waals surface area contributed by atoms with Crippen molar-refractivity contribution in [3.63, 3.8) is 0 Å². The standard InChI is InChI=1S/C16H17NO2/c1-12(17-11-16(18)19)13-7-9-15(10-8-13)14-5-3-2-4-6-14/h2-10,12,17H,11H2,1H3,(H,18,19). The molecule has 98 valence electrons. The van der Waals surface area contributed by atoms with Gasteiger partial charge in [-0.05, 0) is 23.6 Å². The molecule has 1 atom stereocenters. The van der Waals surface area contributed by atoms with Gasteiger partial charge in [-0.1, -0.05) is 54.6 Å². The quantitative estimate of drug-likeness (QED) is 0.863. The summed E-state index contributed by atoms with van der Waals surface area (Å²) < 4.78 is 0. The van der Waals surface area contributed by atoms with Crippen LogP contribution in [0.4, 0.5) is 0 Å². The number of carbonyl (C=O) groups is 1. The van der Waals surface area contributed by atoms with Crippen molar-refractivity contribution in [1.29, 1.82) is 0 Å². The molecule has 2 aromatic carbocycles. The highest BCUT2D eigenvalue weighted by Gasteiger charge is 2.06. The number of carboxylic acid groups (broad SMARTS) is 1. The topological polar surface area (TPSA) is 49.3 Å². The molecular formula is C16H17NO2. The molecular weight excluding hydrogens is 238 g/mol. The van der Waals surface area contributed by atoms with E-state index >= 15 is 0 Å². The second-order valence-corrected chi connectivity index (χ2v) is 4.48. The summed E-state index contributed by atoms with van der Waals surface area (Å²) in [5.74, 6) is -0.840. The smallest absolute Gasteiger partial charge is 0.317 e. The number of nitrogens with one attached hydrogen (secondary N) is 1. The van der Waals surface area contributed by atoms with Crippen molar-refractivity contribution in [3.8, 4) is 11.1 Å². The predicted octanol–water partition coefficient (Wildman–Crippen LogP) is 3.09. The van der Waals surface area contributed by atoms with Crippen LogP contribution >= 0.6 is 0 Å². The van der Waals surface area contributed by atoms with Crippen molar-refractivity contribution in [3.05, 3.63) is 60.2 Å². The van der Waals surface area contributed by atoms with Gasteiger partial charge in [-0.25, -0.2) is 0 Å². The molecule has 3 heteroatoms. The fourth-order valence-corrected chi connectivity index (χ4v) is 1.95. The Labute approximate surface area is 112 Å². The summed E-state index contributed by atoms with van der Waals surface area (Å²) in [6.45, 7) is 1.93. The van der Waals surface area contributed by atoms with Crippen molar-refractivity contribution in [2.24, 2.45) is 0 Å². The van der Waals surface area contributed by atoms with Gasteiger partial charge in [0.2, 0.25) is 0 Å². The average molecular weight is 255 g/mol. The van der Waals surface area contributed by atoms with Crippen molar-refractivity contribution in [1.82, 2.24) is 5.32 Å². The van der Waals surface area contributed by atoms with Crippen LogP contribution in [0.2, 0.25) is 0 Å². The van der Waals surface area contributed by atoms with Crippen molar-refractivity contribution in [2.75, 3.05) is 6.54 Å². The lowest BCUT2D eigenvalue weighted by Crippen LogP contribution is -2.25. The van der Waals surface area contributed by atoms with Crippen LogP contribution in [-0.4, -0.2) is 17.6 Å². The maximum Gasteiger partial charge on any atom is 0.317 e. The molecule has 2 N–H and O–H groups in total. The zero-order valence-electron chi connectivity index (χ0n) is 10.8. The van der Waals surface area contributed by atoms with Crippen LogP contribution in [0.5, 0.6) is 0 Å². The molecule has 2 rings (SSSR count). The SMILES string of the molecule is CC(NCC(=O)O)c1ccc(-c2ccccc2)cc1. The highest BCUT2D eigenvalue weighted by molar-refractivity contribution is 5.69. The van der Waals surface area contributed by atoms with Gasteiger partial charge in [0.1, 0.15) is 0 Å². The van der Waals surface area contributed by atoms with Gasteiger partial charge in [-0.15, -0.1) is 0 Å². The van der Waals surface area contributed by atoms with Crippen LogP contribution in [0.25, 0.3) is 11.1 Å².